The van der Waals surface area contributed by atoms with Crippen molar-refractivity contribution >= 4 is 29.1 Å². The third-order valence-corrected chi connectivity index (χ3v) is 4.37. The van der Waals surface area contributed by atoms with Gasteiger partial charge in [0.25, 0.3) is 5.91 Å². The Morgan fingerprint density at radius 3 is 2.18 bits per heavy atom. The normalized spacial score (nSPS) is 11.5. The van der Waals surface area contributed by atoms with Crippen molar-refractivity contribution in [3.63, 3.8) is 0 Å². The van der Waals surface area contributed by atoms with Crippen molar-refractivity contribution < 1.29 is 14.0 Å². The molecule has 3 aromatic carbocycles. The number of amides is 2. The maximum Gasteiger partial charge on any atom is 0.251 e. The second kappa shape index (κ2) is 9.15. The maximum atomic E-state index is 13.1. The van der Waals surface area contributed by atoms with Crippen LogP contribution < -0.4 is 10.6 Å². The zero-order valence-corrected chi connectivity index (χ0v) is 15.6. The SMILES string of the molecule is O=C(NC(Cc1ccccc1)C(=O)Nc1ccc(F)cc1)c1ccc(Cl)cc1. The standard InChI is InChI=1S/C22H18ClFN2O2/c23-17-8-6-16(7-9-17)21(27)26-20(14-15-4-2-1-3-5-15)22(28)25-19-12-10-18(24)11-13-19/h1-13,20H,14H2,(H,25,28)(H,26,27). The fourth-order valence-corrected chi connectivity index (χ4v) is 2.79. The van der Waals surface area contributed by atoms with Gasteiger partial charge in [-0.05, 0) is 54.1 Å². The van der Waals surface area contributed by atoms with Crippen molar-refractivity contribution in [2.24, 2.45) is 0 Å². The average molecular weight is 397 g/mol. The summed E-state index contributed by atoms with van der Waals surface area (Å²) in [5, 5.41) is 6.00. The molecule has 0 spiro atoms. The first-order valence-corrected chi connectivity index (χ1v) is 9.06. The molecule has 0 radical (unpaired) electrons. The van der Waals surface area contributed by atoms with Gasteiger partial charge in [-0.1, -0.05) is 41.9 Å². The quantitative estimate of drug-likeness (QED) is 0.646. The van der Waals surface area contributed by atoms with Crippen LogP contribution in [0.15, 0.2) is 78.9 Å². The number of hydrogen-bond acceptors (Lipinski definition) is 2. The second-order valence-corrected chi connectivity index (χ2v) is 6.66. The van der Waals surface area contributed by atoms with Crippen LogP contribution >= 0.6 is 11.6 Å². The molecule has 2 amide bonds. The summed E-state index contributed by atoms with van der Waals surface area (Å²) in [6, 6.07) is 20.4. The number of halogens is 2. The summed E-state index contributed by atoms with van der Waals surface area (Å²) in [5.41, 5.74) is 1.75. The van der Waals surface area contributed by atoms with E-state index in [0.717, 1.165) is 5.56 Å². The summed E-state index contributed by atoms with van der Waals surface area (Å²) in [6.07, 6.45) is 0.313. The number of anilines is 1. The summed E-state index contributed by atoms with van der Waals surface area (Å²) in [7, 11) is 0. The maximum absolute atomic E-state index is 13.1. The van der Waals surface area contributed by atoms with Gasteiger partial charge in [-0.2, -0.15) is 0 Å². The van der Waals surface area contributed by atoms with Gasteiger partial charge in [-0.15, -0.1) is 0 Å². The molecule has 28 heavy (non-hydrogen) atoms. The van der Waals surface area contributed by atoms with Gasteiger partial charge in [0.05, 0.1) is 0 Å². The lowest BCUT2D eigenvalue weighted by molar-refractivity contribution is -0.118. The molecular weight excluding hydrogens is 379 g/mol. The predicted octanol–water partition coefficient (Wildman–Crippen LogP) is 4.46. The number of rotatable bonds is 6. The minimum Gasteiger partial charge on any atom is -0.340 e. The smallest absolute Gasteiger partial charge is 0.251 e. The molecule has 0 aromatic heterocycles. The van der Waals surface area contributed by atoms with Crippen LogP contribution in [-0.4, -0.2) is 17.9 Å². The van der Waals surface area contributed by atoms with E-state index in [9.17, 15) is 14.0 Å². The van der Waals surface area contributed by atoms with E-state index in [0.29, 0.717) is 22.7 Å². The first-order chi connectivity index (χ1) is 13.5. The van der Waals surface area contributed by atoms with Crippen molar-refractivity contribution in [3.05, 3.63) is 101 Å². The number of nitrogens with one attached hydrogen (secondary N) is 2. The summed E-state index contributed by atoms with van der Waals surface area (Å²) in [4.78, 5) is 25.4. The van der Waals surface area contributed by atoms with Crippen molar-refractivity contribution in [1.29, 1.82) is 0 Å². The Morgan fingerprint density at radius 1 is 0.893 bits per heavy atom. The Morgan fingerprint density at radius 2 is 1.54 bits per heavy atom. The summed E-state index contributed by atoms with van der Waals surface area (Å²) in [6.45, 7) is 0. The van der Waals surface area contributed by atoms with Crippen LogP contribution in [-0.2, 0) is 11.2 Å². The summed E-state index contributed by atoms with van der Waals surface area (Å²) >= 11 is 5.86. The molecule has 0 bridgehead atoms. The van der Waals surface area contributed by atoms with Gasteiger partial charge in [0.2, 0.25) is 5.91 Å². The number of carbonyl (C=O) groups is 2. The van der Waals surface area contributed by atoms with Crippen LogP contribution in [0, 0.1) is 5.82 Å². The topological polar surface area (TPSA) is 58.2 Å². The first kappa shape index (κ1) is 19.6. The lowest BCUT2D eigenvalue weighted by Gasteiger charge is -2.19. The van der Waals surface area contributed by atoms with Gasteiger partial charge < -0.3 is 10.6 Å². The Balaban J connectivity index is 1.77. The van der Waals surface area contributed by atoms with Gasteiger partial charge in [0, 0.05) is 22.7 Å². The molecule has 0 saturated carbocycles. The number of carbonyl (C=O) groups excluding carboxylic acids is 2. The van der Waals surface area contributed by atoms with E-state index in [4.69, 9.17) is 11.6 Å². The third kappa shape index (κ3) is 5.41. The van der Waals surface area contributed by atoms with E-state index < -0.39 is 17.8 Å². The molecule has 6 heteroatoms. The van der Waals surface area contributed by atoms with Crippen LogP contribution in [0.1, 0.15) is 15.9 Å². The molecule has 0 heterocycles. The second-order valence-electron chi connectivity index (χ2n) is 6.22. The van der Waals surface area contributed by atoms with Crippen molar-refractivity contribution in [3.8, 4) is 0 Å². The van der Waals surface area contributed by atoms with Gasteiger partial charge in [-0.3, -0.25) is 9.59 Å². The minimum absolute atomic E-state index is 0.313. The molecule has 0 aliphatic rings. The molecular formula is C22H18ClFN2O2. The van der Waals surface area contributed by atoms with E-state index >= 15 is 0 Å². The molecule has 4 nitrogen and oxygen atoms in total. The zero-order chi connectivity index (χ0) is 19.9. The van der Waals surface area contributed by atoms with Crippen LogP contribution in [0.4, 0.5) is 10.1 Å². The molecule has 1 unspecified atom stereocenters. The van der Waals surface area contributed by atoms with Gasteiger partial charge in [-0.25, -0.2) is 4.39 Å². The largest absolute Gasteiger partial charge is 0.340 e. The fraction of sp³-hybridized carbons (Fsp3) is 0.0909. The van der Waals surface area contributed by atoms with Crippen molar-refractivity contribution in [2.45, 2.75) is 12.5 Å². The van der Waals surface area contributed by atoms with E-state index in [1.807, 2.05) is 30.3 Å². The molecule has 142 valence electrons. The van der Waals surface area contributed by atoms with Crippen LogP contribution in [0.5, 0.6) is 0 Å². The predicted molar refractivity (Wildman–Crippen MR) is 108 cm³/mol. The lowest BCUT2D eigenvalue weighted by atomic mass is 10.0. The van der Waals surface area contributed by atoms with E-state index in [2.05, 4.69) is 10.6 Å². The van der Waals surface area contributed by atoms with E-state index in [1.54, 1.807) is 24.3 Å². The highest BCUT2D eigenvalue weighted by molar-refractivity contribution is 6.30. The fourth-order valence-electron chi connectivity index (χ4n) is 2.66. The molecule has 0 aliphatic carbocycles. The van der Waals surface area contributed by atoms with Crippen LogP contribution in [0.25, 0.3) is 0 Å². The third-order valence-electron chi connectivity index (χ3n) is 4.12. The van der Waals surface area contributed by atoms with Crippen LogP contribution in [0.3, 0.4) is 0 Å². The van der Waals surface area contributed by atoms with Gasteiger partial charge in [0.1, 0.15) is 11.9 Å². The first-order valence-electron chi connectivity index (χ1n) is 8.68. The monoisotopic (exact) mass is 396 g/mol. The summed E-state index contributed by atoms with van der Waals surface area (Å²) in [5.74, 6) is -1.17. The Labute approximate surface area is 167 Å². The minimum atomic E-state index is -0.810. The van der Waals surface area contributed by atoms with E-state index in [-0.39, 0.29) is 5.91 Å². The van der Waals surface area contributed by atoms with Gasteiger partial charge >= 0.3 is 0 Å². The number of hydrogen-bond donors (Lipinski definition) is 2. The lowest BCUT2D eigenvalue weighted by Crippen LogP contribution is -2.45. The molecule has 0 aliphatic heterocycles. The number of benzene rings is 3. The summed E-state index contributed by atoms with van der Waals surface area (Å²) < 4.78 is 13.1. The molecule has 2 N–H and O–H groups in total. The van der Waals surface area contributed by atoms with Crippen molar-refractivity contribution in [2.75, 3.05) is 5.32 Å². The highest BCUT2D eigenvalue weighted by Crippen LogP contribution is 2.13. The van der Waals surface area contributed by atoms with E-state index in [1.165, 1.54) is 24.3 Å². The Bertz CT molecular complexity index is 945. The highest BCUT2D eigenvalue weighted by Gasteiger charge is 2.22. The Hall–Kier alpha value is -3.18. The van der Waals surface area contributed by atoms with Crippen LogP contribution in [0.2, 0.25) is 5.02 Å². The molecule has 3 aromatic rings. The molecule has 0 saturated heterocycles. The molecule has 3 rings (SSSR count). The van der Waals surface area contributed by atoms with Gasteiger partial charge in [0.15, 0.2) is 0 Å². The Kier molecular flexibility index (Phi) is 6.40. The van der Waals surface area contributed by atoms with Crippen molar-refractivity contribution in [1.82, 2.24) is 5.32 Å². The highest BCUT2D eigenvalue weighted by atomic mass is 35.5. The zero-order valence-electron chi connectivity index (χ0n) is 14.9. The average Bonchev–Trinajstić information content (AvgIpc) is 2.70. The molecule has 0 fully saturated rings. The molecule has 1 atom stereocenters.